The van der Waals surface area contributed by atoms with Crippen molar-refractivity contribution in [2.45, 2.75) is 46.8 Å². The molecule has 3 N–H and O–H groups in total. The summed E-state index contributed by atoms with van der Waals surface area (Å²) in [6.45, 7) is 7.97. The van der Waals surface area contributed by atoms with E-state index in [1.807, 2.05) is 52.0 Å². The molecule has 1 atom stereocenters. The van der Waals surface area contributed by atoms with Crippen LogP contribution >= 0.6 is 0 Å². The summed E-state index contributed by atoms with van der Waals surface area (Å²) in [5.74, 6) is 0.316. The highest BCUT2D eigenvalue weighted by Gasteiger charge is 2.12. The second-order valence-corrected chi connectivity index (χ2v) is 6.83. The fourth-order valence-electron chi connectivity index (χ4n) is 2.36. The smallest absolute Gasteiger partial charge is 0.319 e. The van der Waals surface area contributed by atoms with Gasteiger partial charge in [-0.15, -0.1) is 0 Å². The Morgan fingerprint density at radius 3 is 2.61 bits per heavy atom. The number of amides is 3. The molecule has 7 heteroatoms. The zero-order valence-corrected chi connectivity index (χ0v) is 16.8. The number of hydrogen-bond donors (Lipinski definition) is 3. The SMILES string of the molecule is CCC(C)C(=O)Nc1cccc(CNC(=O)Nc2cccnc2OC(C)C)c1. The molecule has 7 nitrogen and oxygen atoms in total. The number of benzene rings is 1. The Balaban J connectivity index is 1.93. The molecule has 0 spiro atoms. The van der Waals surface area contributed by atoms with Crippen molar-refractivity contribution in [3.05, 3.63) is 48.2 Å². The van der Waals surface area contributed by atoms with Crippen LogP contribution in [0.25, 0.3) is 0 Å². The number of carbonyl (C=O) groups excluding carboxylic acids is 2. The van der Waals surface area contributed by atoms with E-state index in [0.29, 0.717) is 23.8 Å². The maximum Gasteiger partial charge on any atom is 0.319 e. The average molecular weight is 384 g/mol. The number of ether oxygens (including phenoxy) is 1. The molecule has 1 aromatic carbocycles. The molecule has 150 valence electrons. The van der Waals surface area contributed by atoms with Crippen molar-refractivity contribution >= 4 is 23.3 Å². The van der Waals surface area contributed by atoms with Gasteiger partial charge in [-0.2, -0.15) is 0 Å². The first-order valence-corrected chi connectivity index (χ1v) is 9.45. The van der Waals surface area contributed by atoms with Crippen LogP contribution in [0, 0.1) is 5.92 Å². The number of nitrogens with zero attached hydrogens (tertiary/aromatic N) is 1. The highest BCUT2D eigenvalue weighted by atomic mass is 16.5. The topological polar surface area (TPSA) is 92.4 Å². The van der Waals surface area contributed by atoms with Gasteiger partial charge < -0.3 is 20.7 Å². The maximum atomic E-state index is 12.2. The fourth-order valence-corrected chi connectivity index (χ4v) is 2.36. The van der Waals surface area contributed by atoms with Crippen LogP contribution in [0.15, 0.2) is 42.6 Å². The van der Waals surface area contributed by atoms with Crippen LogP contribution < -0.4 is 20.7 Å². The lowest BCUT2D eigenvalue weighted by Gasteiger charge is -2.14. The van der Waals surface area contributed by atoms with Crippen molar-refractivity contribution in [3.63, 3.8) is 0 Å². The number of rotatable bonds is 8. The third-order valence-electron chi connectivity index (χ3n) is 4.07. The molecular weight excluding hydrogens is 356 g/mol. The molecule has 28 heavy (non-hydrogen) atoms. The van der Waals surface area contributed by atoms with Crippen molar-refractivity contribution in [1.29, 1.82) is 0 Å². The minimum atomic E-state index is -0.365. The molecule has 1 heterocycles. The minimum absolute atomic E-state index is 0.0142. The Morgan fingerprint density at radius 2 is 1.89 bits per heavy atom. The van der Waals surface area contributed by atoms with Gasteiger partial charge in [-0.25, -0.2) is 9.78 Å². The van der Waals surface area contributed by atoms with Crippen molar-refractivity contribution < 1.29 is 14.3 Å². The summed E-state index contributed by atoms with van der Waals surface area (Å²) in [4.78, 5) is 28.4. The molecule has 0 aliphatic carbocycles. The molecule has 2 rings (SSSR count). The van der Waals surface area contributed by atoms with Crippen molar-refractivity contribution in [3.8, 4) is 5.88 Å². The summed E-state index contributed by atoms with van der Waals surface area (Å²) in [5, 5.41) is 8.44. The van der Waals surface area contributed by atoms with Gasteiger partial charge >= 0.3 is 6.03 Å². The molecule has 1 unspecified atom stereocenters. The number of anilines is 2. The van der Waals surface area contributed by atoms with Gasteiger partial charge in [0.15, 0.2) is 0 Å². The maximum absolute atomic E-state index is 12.2. The molecule has 0 saturated carbocycles. The van der Waals surface area contributed by atoms with E-state index in [9.17, 15) is 9.59 Å². The Bertz CT molecular complexity index is 808. The van der Waals surface area contributed by atoms with E-state index in [0.717, 1.165) is 12.0 Å². The van der Waals surface area contributed by atoms with E-state index in [-0.39, 0.29) is 24.0 Å². The lowest BCUT2D eigenvalue weighted by atomic mass is 10.1. The first kappa shape index (κ1) is 21.2. The van der Waals surface area contributed by atoms with E-state index >= 15 is 0 Å². The lowest BCUT2D eigenvalue weighted by molar-refractivity contribution is -0.119. The Morgan fingerprint density at radius 1 is 1.11 bits per heavy atom. The molecule has 3 amide bonds. The molecule has 2 aromatic rings. The highest BCUT2D eigenvalue weighted by molar-refractivity contribution is 5.92. The number of aromatic nitrogens is 1. The van der Waals surface area contributed by atoms with E-state index < -0.39 is 0 Å². The van der Waals surface area contributed by atoms with Gasteiger partial charge in [-0.1, -0.05) is 26.0 Å². The third-order valence-corrected chi connectivity index (χ3v) is 4.07. The zero-order valence-electron chi connectivity index (χ0n) is 16.8. The summed E-state index contributed by atoms with van der Waals surface area (Å²) in [7, 11) is 0. The van der Waals surface area contributed by atoms with Gasteiger partial charge in [-0.3, -0.25) is 4.79 Å². The predicted octanol–water partition coefficient (Wildman–Crippen LogP) is 4.18. The number of carbonyl (C=O) groups is 2. The van der Waals surface area contributed by atoms with Crippen LogP contribution in [0.3, 0.4) is 0 Å². The Kier molecular flexibility index (Phi) is 7.80. The van der Waals surface area contributed by atoms with Crippen LogP contribution in [0.2, 0.25) is 0 Å². The van der Waals surface area contributed by atoms with Crippen LogP contribution in [-0.4, -0.2) is 23.0 Å². The summed E-state index contributed by atoms with van der Waals surface area (Å²) >= 11 is 0. The van der Waals surface area contributed by atoms with Gasteiger partial charge in [0.1, 0.15) is 5.69 Å². The quantitative estimate of drug-likeness (QED) is 0.637. The van der Waals surface area contributed by atoms with E-state index in [1.165, 1.54) is 0 Å². The van der Waals surface area contributed by atoms with Gasteiger partial charge in [0.2, 0.25) is 11.8 Å². The summed E-state index contributed by atoms with van der Waals surface area (Å²) in [5.41, 5.74) is 2.09. The lowest BCUT2D eigenvalue weighted by Crippen LogP contribution is -2.28. The second kappa shape index (κ2) is 10.3. The monoisotopic (exact) mass is 384 g/mol. The minimum Gasteiger partial charge on any atom is -0.473 e. The van der Waals surface area contributed by atoms with Crippen LogP contribution in [0.4, 0.5) is 16.2 Å². The number of urea groups is 1. The van der Waals surface area contributed by atoms with E-state index in [2.05, 4.69) is 20.9 Å². The van der Waals surface area contributed by atoms with Crippen LogP contribution in [0.5, 0.6) is 5.88 Å². The van der Waals surface area contributed by atoms with Gasteiger partial charge in [0.25, 0.3) is 0 Å². The largest absolute Gasteiger partial charge is 0.473 e. The summed E-state index contributed by atoms with van der Waals surface area (Å²) in [6.07, 6.45) is 2.34. The Labute approximate surface area is 165 Å². The van der Waals surface area contributed by atoms with Gasteiger partial charge in [-0.05, 0) is 50.1 Å². The average Bonchev–Trinajstić information content (AvgIpc) is 2.67. The van der Waals surface area contributed by atoms with Crippen molar-refractivity contribution in [1.82, 2.24) is 10.3 Å². The molecule has 0 bridgehead atoms. The number of nitrogens with one attached hydrogen (secondary N) is 3. The molecule has 0 fully saturated rings. The van der Waals surface area contributed by atoms with Crippen molar-refractivity contribution in [2.75, 3.05) is 10.6 Å². The number of hydrogen-bond acceptors (Lipinski definition) is 4. The zero-order chi connectivity index (χ0) is 20.5. The normalized spacial score (nSPS) is 11.6. The molecule has 0 saturated heterocycles. The van der Waals surface area contributed by atoms with Crippen LogP contribution in [-0.2, 0) is 11.3 Å². The Hall–Kier alpha value is -3.09. The molecular formula is C21H28N4O3. The summed E-state index contributed by atoms with van der Waals surface area (Å²) in [6, 6.07) is 10.5. The molecule has 0 aliphatic heterocycles. The fraction of sp³-hybridized carbons (Fsp3) is 0.381. The summed E-state index contributed by atoms with van der Waals surface area (Å²) < 4.78 is 5.60. The van der Waals surface area contributed by atoms with E-state index in [1.54, 1.807) is 18.3 Å². The molecule has 1 aromatic heterocycles. The molecule has 0 aliphatic rings. The van der Waals surface area contributed by atoms with Gasteiger partial charge in [0.05, 0.1) is 6.10 Å². The third kappa shape index (κ3) is 6.57. The second-order valence-electron chi connectivity index (χ2n) is 6.83. The number of pyridine rings is 1. The predicted molar refractivity (Wildman–Crippen MR) is 110 cm³/mol. The first-order chi connectivity index (χ1) is 13.4. The highest BCUT2D eigenvalue weighted by Crippen LogP contribution is 2.21. The molecule has 0 radical (unpaired) electrons. The first-order valence-electron chi connectivity index (χ1n) is 9.45. The van der Waals surface area contributed by atoms with Crippen LogP contribution in [0.1, 0.15) is 39.7 Å². The van der Waals surface area contributed by atoms with Gasteiger partial charge in [0, 0.05) is 24.3 Å². The standard InChI is InChI=1S/C21H28N4O3/c1-5-15(4)19(26)24-17-9-6-8-16(12-17)13-23-21(27)25-18-10-7-11-22-20(18)28-14(2)3/h6-12,14-15H,5,13H2,1-4H3,(H,24,26)(H2,23,25,27). The van der Waals surface area contributed by atoms with Crippen molar-refractivity contribution in [2.24, 2.45) is 5.92 Å². The van der Waals surface area contributed by atoms with E-state index in [4.69, 9.17) is 4.74 Å².